The second kappa shape index (κ2) is 16.8. The summed E-state index contributed by atoms with van der Waals surface area (Å²) in [7, 11) is 1.53. The second-order valence-corrected chi connectivity index (χ2v) is 18.0. The predicted octanol–water partition coefficient (Wildman–Crippen LogP) is 7.46. The van der Waals surface area contributed by atoms with Crippen LogP contribution in [0.15, 0.2) is 37.0 Å². The van der Waals surface area contributed by atoms with E-state index >= 15 is 8.78 Å². The van der Waals surface area contributed by atoms with Crippen LogP contribution in [0.5, 0.6) is 11.8 Å². The van der Waals surface area contributed by atoms with Crippen LogP contribution >= 0.6 is 0 Å². The summed E-state index contributed by atoms with van der Waals surface area (Å²) in [5.41, 5.74) is -0.919. The van der Waals surface area contributed by atoms with E-state index in [4.69, 9.17) is 28.9 Å². The molecule has 2 aromatic heterocycles. The molecule has 10 rings (SSSR count). The van der Waals surface area contributed by atoms with E-state index in [1.807, 2.05) is 12.1 Å². The standard InChI is InChI=1S/C46H51F3N8O6/c1-4-28-9-10-29-18-32(63-43(59)55-15-7-12-46(26-55,60-3)13-14-50)19-34-36(29)33(28)8-5-17-61-42(58)54-44(2)20-30(47)23-56(25-44)40-35-22-51-38(34)37(49)39(35)52-41(53-40)62-27-45-11-6-16-57(45)24-31(48)21-45/h4,9-10,18-19,22,30-31H,1,5-8,11-13,15-17,20-21,23-27H2,2-3H3,(H,54,58)/t30-,31-,44-,45+,46?/m1/s1. The summed E-state index contributed by atoms with van der Waals surface area (Å²) in [6.45, 7) is 7.44. The zero-order chi connectivity index (χ0) is 44.1. The number of fused-ring (bicyclic) bond motifs is 7. The highest BCUT2D eigenvalue weighted by Gasteiger charge is 2.49. The third kappa shape index (κ3) is 8.07. The molecule has 14 nitrogen and oxygen atoms in total. The van der Waals surface area contributed by atoms with E-state index in [-0.39, 0.29) is 79.9 Å². The molecular weight excluding hydrogens is 818 g/mol. The van der Waals surface area contributed by atoms with Gasteiger partial charge in [0.1, 0.15) is 41.7 Å². The van der Waals surface area contributed by atoms with E-state index in [0.29, 0.717) is 61.5 Å². The van der Waals surface area contributed by atoms with E-state index in [1.54, 1.807) is 30.0 Å². The number of hydrogen-bond donors (Lipinski definition) is 1. The van der Waals surface area contributed by atoms with Gasteiger partial charge in [-0.2, -0.15) is 15.2 Å². The van der Waals surface area contributed by atoms with Crippen LogP contribution in [0.4, 0.5) is 28.6 Å². The van der Waals surface area contributed by atoms with E-state index in [2.05, 4.69) is 27.8 Å². The van der Waals surface area contributed by atoms with Crippen molar-refractivity contribution in [2.45, 2.75) is 93.7 Å². The first-order valence-corrected chi connectivity index (χ1v) is 21.7. The number of ether oxygens (including phenoxy) is 4. The number of nitrogens with zero attached hydrogens (tertiary/aromatic N) is 7. The lowest BCUT2D eigenvalue weighted by Gasteiger charge is -2.42. The van der Waals surface area contributed by atoms with Gasteiger partial charge in [-0.25, -0.2) is 22.8 Å². The molecule has 4 aromatic rings. The van der Waals surface area contributed by atoms with Crippen LogP contribution in [0.2, 0.25) is 0 Å². The fraction of sp³-hybridized carbons (Fsp3) is 0.522. The molecule has 0 radical (unpaired) electrons. The van der Waals surface area contributed by atoms with Crippen LogP contribution in [0.25, 0.3) is 39.0 Å². The molecule has 0 saturated carbocycles. The molecule has 1 N–H and O–H groups in total. The number of methoxy groups -OCH3 is 1. The highest BCUT2D eigenvalue weighted by molar-refractivity contribution is 6.03. The molecule has 4 saturated heterocycles. The van der Waals surface area contributed by atoms with Crippen molar-refractivity contribution in [3.05, 3.63) is 54.0 Å². The summed E-state index contributed by atoms with van der Waals surface area (Å²) in [5, 5.41) is 13.8. The number of aryl methyl sites for hydroxylation is 1. The van der Waals surface area contributed by atoms with E-state index < -0.39 is 47.0 Å². The maximum Gasteiger partial charge on any atom is 0.415 e. The van der Waals surface area contributed by atoms with Crippen molar-refractivity contribution in [2.75, 3.05) is 64.5 Å². The summed E-state index contributed by atoms with van der Waals surface area (Å²) in [6.07, 6.45) is 3.33. The van der Waals surface area contributed by atoms with E-state index in [9.17, 15) is 19.2 Å². The Morgan fingerprint density at radius 2 is 1.94 bits per heavy atom. The number of benzene rings is 2. The van der Waals surface area contributed by atoms with Crippen molar-refractivity contribution in [3.8, 4) is 29.1 Å². The molecule has 8 heterocycles. The van der Waals surface area contributed by atoms with Crippen molar-refractivity contribution >= 4 is 45.8 Å². The molecular formula is C46H51F3N8O6. The van der Waals surface area contributed by atoms with Crippen LogP contribution in [0, 0.1) is 17.1 Å². The minimum absolute atomic E-state index is 0.00226. The Balaban J connectivity index is 1.20. The van der Waals surface area contributed by atoms with Gasteiger partial charge in [0.05, 0.1) is 54.3 Å². The minimum Gasteiger partial charge on any atom is -0.461 e. The van der Waals surface area contributed by atoms with E-state index in [0.717, 1.165) is 30.5 Å². The minimum atomic E-state index is -1.41. The maximum atomic E-state index is 17.8. The van der Waals surface area contributed by atoms with Crippen LogP contribution in [0.1, 0.15) is 69.4 Å². The number of carbonyl (C=O) groups is 2. The number of nitriles is 1. The third-order valence-corrected chi connectivity index (χ3v) is 13.6. The number of amides is 2. The summed E-state index contributed by atoms with van der Waals surface area (Å²) in [6, 6.07) is 8.97. The lowest BCUT2D eigenvalue weighted by Crippen LogP contribution is -2.60. The number of rotatable bonds is 7. The van der Waals surface area contributed by atoms with Crippen LogP contribution in [0.3, 0.4) is 0 Å². The third-order valence-electron chi connectivity index (χ3n) is 13.6. The molecule has 2 amide bonds. The zero-order valence-corrected chi connectivity index (χ0v) is 35.6. The number of anilines is 1. The first kappa shape index (κ1) is 42.6. The number of nitrogens with one attached hydrogen (secondary N) is 1. The number of carbonyl (C=O) groups excluding carboxylic acids is 2. The first-order valence-electron chi connectivity index (χ1n) is 21.7. The van der Waals surface area contributed by atoms with Gasteiger partial charge in [0.15, 0.2) is 5.82 Å². The Morgan fingerprint density at radius 3 is 2.75 bits per heavy atom. The van der Waals surface area contributed by atoms with Crippen molar-refractivity contribution in [3.63, 3.8) is 0 Å². The summed E-state index contributed by atoms with van der Waals surface area (Å²) >= 11 is 0. The zero-order valence-electron chi connectivity index (χ0n) is 35.6. The number of aromatic nitrogens is 3. The molecule has 4 fully saturated rings. The van der Waals surface area contributed by atoms with Gasteiger partial charge in [-0.05, 0) is 86.0 Å². The van der Waals surface area contributed by atoms with Gasteiger partial charge in [-0.3, -0.25) is 9.88 Å². The Labute approximate surface area is 363 Å². The molecule has 6 bridgehead atoms. The predicted molar refractivity (Wildman–Crippen MR) is 229 cm³/mol. The fourth-order valence-corrected chi connectivity index (χ4v) is 10.6. The molecule has 5 atom stereocenters. The van der Waals surface area contributed by atoms with Crippen molar-refractivity contribution in [1.29, 1.82) is 5.26 Å². The van der Waals surface area contributed by atoms with Gasteiger partial charge < -0.3 is 34.1 Å². The van der Waals surface area contributed by atoms with Crippen LogP contribution in [-0.2, 0) is 15.9 Å². The lowest BCUT2D eigenvalue weighted by atomic mass is 9.90. The number of hydrogen-bond acceptors (Lipinski definition) is 12. The molecule has 0 aliphatic carbocycles. The fourth-order valence-electron chi connectivity index (χ4n) is 10.6. The van der Waals surface area contributed by atoms with Crippen LogP contribution in [-0.4, -0.2) is 126 Å². The Hall–Kier alpha value is -5.73. The van der Waals surface area contributed by atoms with Crippen LogP contribution < -0.4 is 19.7 Å². The van der Waals surface area contributed by atoms with E-state index in [1.165, 1.54) is 18.2 Å². The number of alkyl halides is 2. The number of alkyl carbamates (subject to hydrolysis) is 1. The smallest absolute Gasteiger partial charge is 0.415 e. The molecule has 17 heteroatoms. The van der Waals surface area contributed by atoms with Crippen molar-refractivity contribution in [2.24, 2.45) is 0 Å². The average Bonchev–Trinajstić information content (AvgIpc) is 3.79. The molecule has 6 aliphatic rings. The molecule has 63 heavy (non-hydrogen) atoms. The van der Waals surface area contributed by atoms with Gasteiger partial charge >= 0.3 is 18.2 Å². The number of piperidine rings is 2. The second-order valence-electron chi connectivity index (χ2n) is 18.0. The molecule has 1 unspecified atom stereocenters. The normalized spacial score (nSPS) is 27.5. The molecule has 332 valence electrons. The van der Waals surface area contributed by atoms with Gasteiger partial charge in [-0.1, -0.05) is 24.8 Å². The Kier molecular flexibility index (Phi) is 11.3. The van der Waals surface area contributed by atoms with Crippen molar-refractivity contribution in [1.82, 2.24) is 30.1 Å². The quantitative estimate of drug-likeness (QED) is 0.196. The number of halogens is 3. The monoisotopic (exact) mass is 868 g/mol. The highest BCUT2D eigenvalue weighted by atomic mass is 19.1. The first-order chi connectivity index (χ1) is 30.3. The molecule has 6 aliphatic heterocycles. The number of pyridine rings is 1. The summed E-state index contributed by atoms with van der Waals surface area (Å²) < 4.78 is 72.1. The Bertz CT molecular complexity index is 2520. The topological polar surface area (TPSA) is 155 Å². The SMILES string of the molecule is C=Cc1ccc2cc(OC(=O)N3CCCC(CC#N)(OC)C3)cc3c2c1CCCOC(=O)N[C@]1(C)C[C@@H](F)CN(C1)c1nc(OC[C@@]24CCCN2C[C@H](F)C4)nc2c(F)c-3ncc12. The van der Waals surface area contributed by atoms with Crippen molar-refractivity contribution < 1.29 is 41.7 Å². The largest absolute Gasteiger partial charge is 0.461 e. The summed E-state index contributed by atoms with van der Waals surface area (Å²) in [4.78, 5) is 46.5. The van der Waals surface area contributed by atoms with Gasteiger partial charge in [0.2, 0.25) is 0 Å². The Morgan fingerprint density at radius 1 is 1.11 bits per heavy atom. The highest BCUT2D eigenvalue weighted by Crippen LogP contribution is 2.43. The van der Waals surface area contributed by atoms with Gasteiger partial charge in [0.25, 0.3) is 0 Å². The maximum absolute atomic E-state index is 17.8. The number of likely N-dealkylation sites (tertiary alicyclic amines) is 1. The van der Waals surface area contributed by atoms with Gasteiger partial charge in [0, 0.05) is 51.3 Å². The molecule has 2 aromatic carbocycles. The average molecular weight is 869 g/mol. The molecule has 0 spiro atoms. The lowest BCUT2D eigenvalue weighted by molar-refractivity contribution is -0.0545. The van der Waals surface area contributed by atoms with Gasteiger partial charge in [-0.15, -0.1) is 0 Å². The summed E-state index contributed by atoms with van der Waals surface area (Å²) in [5.74, 6) is -0.539.